The molecule has 1 amide bonds. The van der Waals surface area contributed by atoms with Gasteiger partial charge in [0.2, 0.25) is 5.91 Å². The number of halogens is 2. The fraction of sp³-hybridized carbons (Fsp3) is 0.308. The normalized spacial score (nSPS) is 10.7. The minimum absolute atomic E-state index is 0.152. The van der Waals surface area contributed by atoms with Gasteiger partial charge in [-0.2, -0.15) is 0 Å². The Morgan fingerprint density at radius 3 is 2.71 bits per heavy atom. The summed E-state index contributed by atoms with van der Waals surface area (Å²) in [6.45, 7) is 5.44. The highest BCUT2D eigenvalue weighted by Gasteiger charge is 2.13. The first-order chi connectivity index (χ1) is 9.88. The Bertz CT molecular complexity index is 669. The lowest BCUT2D eigenvalue weighted by molar-refractivity contribution is -0.113. The van der Waals surface area contributed by atoms with E-state index in [-0.39, 0.29) is 11.7 Å². The second-order valence-electron chi connectivity index (χ2n) is 4.35. The number of aromatic nitrogens is 2. The maximum absolute atomic E-state index is 11.9. The minimum Gasteiger partial charge on any atom is -0.437 e. The van der Waals surface area contributed by atoms with Crippen molar-refractivity contribution in [2.75, 3.05) is 11.1 Å². The Hall–Kier alpha value is -1.24. The zero-order valence-corrected chi connectivity index (χ0v) is 14.0. The van der Waals surface area contributed by atoms with Gasteiger partial charge in [-0.3, -0.25) is 4.79 Å². The molecule has 0 aromatic carbocycles. The van der Waals surface area contributed by atoms with Gasteiger partial charge in [0.05, 0.1) is 21.5 Å². The van der Waals surface area contributed by atoms with E-state index in [4.69, 9.17) is 27.6 Å². The Labute approximate surface area is 136 Å². The summed E-state index contributed by atoms with van der Waals surface area (Å²) in [4.78, 5) is 20.1. The quantitative estimate of drug-likeness (QED) is 0.847. The first-order valence-electron chi connectivity index (χ1n) is 6.05. The maximum Gasteiger partial charge on any atom is 0.256 e. The largest absolute Gasteiger partial charge is 0.437 e. The van der Waals surface area contributed by atoms with E-state index in [1.807, 2.05) is 13.8 Å². The van der Waals surface area contributed by atoms with Crippen LogP contribution in [0, 0.1) is 20.8 Å². The molecule has 0 unspecified atom stereocenters. The molecule has 0 aliphatic rings. The van der Waals surface area contributed by atoms with Gasteiger partial charge in [0.1, 0.15) is 5.76 Å². The number of anilines is 1. The zero-order chi connectivity index (χ0) is 15.6. The van der Waals surface area contributed by atoms with E-state index < -0.39 is 0 Å². The van der Waals surface area contributed by atoms with E-state index in [1.165, 1.54) is 18.0 Å². The van der Waals surface area contributed by atoms with Crippen LogP contribution in [-0.4, -0.2) is 21.6 Å². The third kappa shape index (κ3) is 3.90. The summed E-state index contributed by atoms with van der Waals surface area (Å²) in [6.07, 6.45) is 1.45. The number of nitrogens with zero attached hydrogens (tertiary/aromatic N) is 2. The van der Waals surface area contributed by atoms with Gasteiger partial charge >= 0.3 is 0 Å². The lowest BCUT2D eigenvalue weighted by Gasteiger charge is -2.08. The number of aryl methyl sites for hydroxylation is 2. The van der Waals surface area contributed by atoms with Gasteiger partial charge in [0.25, 0.3) is 5.22 Å². The summed E-state index contributed by atoms with van der Waals surface area (Å²) in [5, 5.41) is 3.90. The van der Waals surface area contributed by atoms with Crippen molar-refractivity contribution in [3.8, 4) is 0 Å². The van der Waals surface area contributed by atoms with Crippen LogP contribution in [0.1, 0.15) is 17.0 Å². The first-order valence-corrected chi connectivity index (χ1v) is 7.80. The van der Waals surface area contributed by atoms with Crippen LogP contribution in [-0.2, 0) is 4.79 Å². The Balaban J connectivity index is 1.97. The van der Waals surface area contributed by atoms with Crippen LogP contribution in [0.5, 0.6) is 0 Å². The lowest BCUT2D eigenvalue weighted by Crippen LogP contribution is -2.15. The van der Waals surface area contributed by atoms with Gasteiger partial charge in [0, 0.05) is 6.20 Å². The summed E-state index contributed by atoms with van der Waals surface area (Å²) >= 11 is 13.2. The van der Waals surface area contributed by atoms with Crippen molar-refractivity contribution in [2.45, 2.75) is 26.0 Å². The van der Waals surface area contributed by atoms with Crippen molar-refractivity contribution in [1.29, 1.82) is 0 Å². The molecule has 1 N–H and O–H groups in total. The lowest BCUT2D eigenvalue weighted by atomic mass is 10.3. The van der Waals surface area contributed by atoms with Crippen LogP contribution in [0.2, 0.25) is 10.0 Å². The van der Waals surface area contributed by atoms with Crippen molar-refractivity contribution in [2.24, 2.45) is 0 Å². The summed E-state index contributed by atoms with van der Waals surface area (Å²) in [7, 11) is 0. The van der Waals surface area contributed by atoms with Crippen molar-refractivity contribution in [1.82, 2.24) is 9.97 Å². The number of hydrogen-bond donors (Lipinski definition) is 1. The molecule has 0 atom stereocenters. The van der Waals surface area contributed by atoms with E-state index in [1.54, 1.807) is 6.92 Å². The minimum atomic E-state index is -0.246. The predicted octanol–water partition coefficient (Wildman–Crippen LogP) is 4.03. The third-order valence-electron chi connectivity index (χ3n) is 2.80. The van der Waals surface area contributed by atoms with E-state index in [9.17, 15) is 4.79 Å². The van der Waals surface area contributed by atoms with Crippen LogP contribution >= 0.6 is 35.0 Å². The van der Waals surface area contributed by atoms with Crippen molar-refractivity contribution < 1.29 is 9.21 Å². The Morgan fingerprint density at radius 2 is 2.10 bits per heavy atom. The van der Waals surface area contributed by atoms with Crippen LogP contribution in [0.15, 0.2) is 15.8 Å². The third-order valence-corrected chi connectivity index (χ3v) is 4.47. The molecule has 0 saturated carbocycles. The highest BCUT2D eigenvalue weighted by Crippen LogP contribution is 2.28. The van der Waals surface area contributed by atoms with Crippen molar-refractivity contribution in [3.05, 3.63) is 33.3 Å². The number of pyridine rings is 1. The fourth-order valence-electron chi connectivity index (χ4n) is 1.44. The SMILES string of the molecule is Cc1nc(SCC(=O)Nc2ncc(Cl)c(C)c2Cl)oc1C. The van der Waals surface area contributed by atoms with Gasteiger partial charge < -0.3 is 9.73 Å². The molecular formula is C13H13Cl2N3O2S. The molecule has 5 nitrogen and oxygen atoms in total. The average Bonchev–Trinajstić information content (AvgIpc) is 2.76. The molecule has 2 aromatic heterocycles. The number of oxazole rings is 1. The van der Waals surface area contributed by atoms with Crippen LogP contribution in [0.3, 0.4) is 0 Å². The number of thioether (sulfide) groups is 1. The van der Waals surface area contributed by atoms with E-state index in [2.05, 4.69) is 15.3 Å². The molecule has 2 aromatic rings. The monoisotopic (exact) mass is 345 g/mol. The van der Waals surface area contributed by atoms with Crippen molar-refractivity contribution in [3.63, 3.8) is 0 Å². The first kappa shape index (κ1) is 16.1. The molecule has 112 valence electrons. The topological polar surface area (TPSA) is 68.0 Å². The molecule has 0 fully saturated rings. The Kier molecular flexibility index (Phi) is 5.13. The number of nitrogens with one attached hydrogen (secondary N) is 1. The predicted molar refractivity (Wildman–Crippen MR) is 84.3 cm³/mol. The molecule has 0 aliphatic heterocycles. The van der Waals surface area contributed by atoms with Crippen LogP contribution < -0.4 is 5.32 Å². The summed E-state index contributed by atoms with van der Waals surface area (Å²) in [5.74, 6) is 0.948. The molecule has 0 aliphatic carbocycles. The van der Waals surface area contributed by atoms with Crippen LogP contribution in [0.4, 0.5) is 5.82 Å². The second-order valence-corrected chi connectivity index (χ2v) is 6.06. The van der Waals surface area contributed by atoms with Gasteiger partial charge in [-0.15, -0.1) is 0 Å². The molecule has 21 heavy (non-hydrogen) atoms. The maximum atomic E-state index is 11.9. The van der Waals surface area contributed by atoms with E-state index in [0.29, 0.717) is 26.6 Å². The number of hydrogen-bond acceptors (Lipinski definition) is 5. The number of rotatable bonds is 4. The smallest absolute Gasteiger partial charge is 0.256 e. The number of carbonyl (C=O) groups excluding carboxylic acids is 1. The zero-order valence-electron chi connectivity index (χ0n) is 11.7. The van der Waals surface area contributed by atoms with Gasteiger partial charge in [-0.1, -0.05) is 35.0 Å². The summed E-state index contributed by atoms with van der Waals surface area (Å²) in [6, 6.07) is 0. The van der Waals surface area contributed by atoms with Crippen molar-refractivity contribution >= 4 is 46.7 Å². The van der Waals surface area contributed by atoms with E-state index >= 15 is 0 Å². The standard InChI is InChI=1S/C13H13Cl2N3O2S/c1-6-9(14)4-16-12(11(6)15)18-10(19)5-21-13-17-7(2)8(3)20-13/h4H,5H2,1-3H3,(H,16,18,19). The number of amides is 1. The van der Waals surface area contributed by atoms with E-state index in [0.717, 1.165) is 11.5 Å². The van der Waals surface area contributed by atoms with Gasteiger partial charge in [0.15, 0.2) is 5.82 Å². The molecule has 0 saturated heterocycles. The summed E-state index contributed by atoms with van der Waals surface area (Å²) in [5.41, 5.74) is 1.49. The molecule has 0 radical (unpaired) electrons. The van der Waals surface area contributed by atoms with Gasteiger partial charge in [-0.25, -0.2) is 9.97 Å². The molecule has 0 bridgehead atoms. The van der Waals surface area contributed by atoms with Crippen LogP contribution in [0.25, 0.3) is 0 Å². The molecule has 2 rings (SSSR count). The Morgan fingerprint density at radius 1 is 1.38 bits per heavy atom. The molecule has 0 spiro atoms. The fourth-order valence-corrected chi connectivity index (χ4v) is 2.55. The average molecular weight is 346 g/mol. The molecular weight excluding hydrogens is 333 g/mol. The highest BCUT2D eigenvalue weighted by molar-refractivity contribution is 7.99. The second kappa shape index (κ2) is 6.68. The van der Waals surface area contributed by atoms with Gasteiger partial charge in [-0.05, 0) is 26.3 Å². The highest BCUT2D eigenvalue weighted by atomic mass is 35.5. The summed E-state index contributed by atoms with van der Waals surface area (Å²) < 4.78 is 5.39. The molecule has 8 heteroatoms. The number of carbonyl (C=O) groups is 1. The molecule has 2 heterocycles.